The summed E-state index contributed by atoms with van der Waals surface area (Å²) in [5, 5.41) is 11.9. The van der Waals surface area contributed by atoms with Crippen molar-refractivity contribution in [2.75, 3.05) is 19.7 Å². The second-order valence-corrected chi connectivity index (χ2v) is 6.50. The van der Waals surface area contributed by atoms with Crippen LogP contribution in [0, 0.1) is 11.8 Å². The van der Waals surface area contributed by atoms with E-state index in [-0.39, 0.29) is 37.1 Å². The van der Waals surface area contributed by atoms with Gasteiger partial charge < -0.3 is 24.8 Å². The van der Waals surface area contributed by atoms with Crippen LogP contribution >= 0.6 is 0 Å². The van der Waals surface area contributed by atoms with Gasteiger partial charge in [0.1, 0.15) is 0 Å². The first kappa shape index (κ1) is 20.7. The number of carboxylic acid groups (broad SMARTS) is 1. The van der Waals surface area contributed by atoms with Gasteiger partial charge in [-0.2, -0.15) is 8.78 Å². The first-order valence-electron chi connectivity index (χ1n) is 8.76. The van der Waals surface area contributed by atoms with Gasteiger partial charge in [-0.15, -0.1) is 0 Å². The van der Waals surface area contributed by atoms with Gasteiger partial charge in [0.25, 0.3) is 0 Å². The fourth-order valence-corrected chi connectivity index (χ4v) is 3.17. The van der Waals surface area contributed by atoms with E-state index < -0.39 is 24.5 Å². The monoisotopic (exact) mass is 386 g/mol. The van der Waals surface area contributed by atoms with Gasteiger partial charge in [0.15, 0.2) is 11.5 Å². The number of halogens is 2. The molecule has 1 aliphatic rings. The van der Waals surface area contributed by atoms with Crippen LogP contribution in [0.1, 0.15) is 25.8 Å². The topological polar surface area (TPSA) is 88.1 Å². The molecule has 0 aliphatic carbocycles. The van der Waals surface area contributed by atoms with Crippen molar-refractivity contribution in [3.05, 3.63) is 23.8 Å². The molecular formula is C18H24F2N2O5. The number of carbonyl (C=O) groups excluding carboxylic acids is 1. The molecule has 0 bridgehead atoms. The summed E-state index contributed by atoms with van der Waals surface area (Å²) in [6.45, 7) is 1.36. The second-order valence-electron chi connectivity index (χ2n) is 6.50. The van der Waals surface area contributed by atoms with Crippen LogP contribution in [0.3, 0.4) is 0 Å². The van der Waals surface area contributed by atoms with Crippen molar-refractivity contribution in [2.24, 2.45) is 11.8 Å². The highest BCUT2D eigenvalue weighted by Gasteiger charge is 2.32. The van der Waals surface area contributed by atoms with E-state index in [0.29, 0.717) is 18.5 Å². The Morgan fingerprint density at radius 1 is 1.37 bits per heavy atom. The first-order chi connectivity index (χ1) is 12.8. The molecule has 2 N–H and O–H groups in total. The number of piperidine rings is 1. The van der Waals surface area contributed by atoms with E-state index in [1.165, 1.54) is 11.0 Å². The number of benzene rings is 1. The average Bonchev–Trinajstić information content (AvgIpc) is 2.61. The summed E-state index contributed by atoms with van der Waals surface area (Å²) in [7, 11) is 0. The second kappa shape index (κ2) is 9.38. The van der Waals surface area contributed by atoms with Gasteiger partial charge in [-0.05, 0) is 25.3 Å². The number of hydrogen-bond acceptors (Lipinski definition) is 4. The number of likely N-dealkylation sites (tertiary alicyclic amines) is 1. The standard InChI is InChI=1S/C18H24F2N2O5/c1-3-26-14-6-4-5-12(15(14)27-17(19)20)8-21-18(25)22-9-11(2)7-13(10-22)16(23)24/h4-6,11,13,17H,3,7-10H2,1-2H3,(H,21,25)(H,23,24). The van der Waals surface area contributed by atoms with Gasteiger partial charge in [0, 0.05) is 25.2 Å². The smallest absolute Gasteiger partial charge is 0.387 e. The number of alkyl halides is 2. The summed E-state index contributed by atoms with van der Waals surface area (Å²) < 4.78 is 35.4. The number of hydrogen-bond donors (Lipinski definition) is 2. The first-order valence-corrected chi connectivity index (χ1v) is 8.76. The lowest BCUT2D eigenvalue weighted by Crippen LogP contribution is -2.49. The van der Waals surface area contributed by atoms with Gasteiger partial charge >= 0.3 is 18.6 Å². The Balaban J connectivity index is 2.07. The molecule has 1 aliphatic heterocycles. The fraction of sp³-hybridized carbons (Fsp3) is 0.556. The molecule has 1 fully saturated rings. The van der Waals surface area contributed by atoms with Crippen molar-refractivity contribution in [1.82, 2.24) is 10.2 Å². The lowest BCUT2D eigenvalue weighted by Gasteiger charge is -2.34. The highest BCUT2D eigenvalue weighted by atomic mass is 19.3. The molecule has 9 heteroatoms. The van der Waals surface area contributed by atoms with E-state index in [1.807, 2.05) is 6.92 Å². The summed E-state index contributed by atoms with van der Waals surface area (Å²) in [4.78, 5) is 25.1. The zero-order valence-electron chi connectivity index (χ0n) is 15.3. The van der Waals surface area contributed by atoms with E-state index in [4.69, 9.17) is 4.74 Å². The Morgan fingerprint density at radius 3 is 2.74 bits per heavy atom. The van der Waals surface area contributed by atoms with Crippen LogP contribution < -0.4 is 14.8 Å². The molecule has 2 atom stereocenters. The van der Waals surface area contributed by atoms with Crippen LogP contribution in [0.5, 0.6) is 11.5 Å². The number of carbonyl (C=O) groups is 2. The predicted octanol–water partition coefficient (Wildman–Crippen LogP) is 2.94. The Hall–Kier alpha value is -2.58. The quantitative estimate of drug-likeness (QED) is 0.752. The molecule has 27 heavy (non-hydrogen) atoms. The van der Waals surface area contributed by atoms with Crippen LogP contribution in [-0.4, -0.2) is 48.3 Å². The van der Waals surface area contributed by atoms with Crippen molar-refractivity contribution in [2.45, 2.75) is 33.4 Å². The van der Waals surface area contributed by atoms with Crippen molar-refractivity contribution >= 4 is 12.0 Å². The largest absolute Gasteiger partial charge is 0.490 e. The van der Waals surface area contributed by atoms with Gasteiger partial charge in [0.05, 0.1) is 12.5 Å². The van der Waals surface area contributed by atoms with Crippen LogP contribution in [0.15, 0.2) is 18.2 Å². The normalized spacial score (nSPS) is 19.7. The van der Waals surface area contributed by atoms with Gasteiger partial charge in [-0.1, -0.05) is 19.1 Å². The van der Waals surface area contributed by atoms with Crippen molar-refractivity contribution < 1.29 is 33.0 Å². The zero-order valence-corrected chi connectivity index (χ0v) is 15.3. The molecule has 0 spiro atoms. The molecule has 2 unspecified atom stereocenters. The number of para-hydroxylation sites is 1. The van der Waals surface area contributed by atoms with Crippen LogP contribution in [0.2, 0.25) is 0 Å². The number of ether oxygens (including phenoxy) is 2. The number of amides is 2. The number of rotatable bonds is 7. The number of nitrogens with one attached hydrogen (secondary N) is 1. The average molecular weight is 386 g/mol. The van der Waals surface area contributed by atoms with Gasteiger partial charge in [0.2, 0.25) is 0 Å². The molecule has 0 aromatic heterocycles. The third-order valence-corrected chi connectivity index (χ3v) is 4.29. The van der Waals surface area contributed by atoms with Gasteiger partial charge in [-0.3, -0.25) is 4.79 Å². The Labute approximate surface area is 156 Å². The molecule has 7 nitrogen and oxygen atoms in total. The lowest BCUT2D eigenvalue weighted by atomic mass is 9.91. The maximum absolute atomic E-state index is 12.7. The van der Waals surface area contributed by atoms with E-state index in [1.54, 1.807) is 19.1 Å². The Bertz CT molecular complexity index is 671. The number of aliphatic carboxylic acids is 1. The third kappa shape index (κ3) is 5.70. The molecule has 1 saturated heterocycles. The highest BCUT2D eigenvalue weighted by Crippen LogP contribution is 2.33. The van der Waals surface area contributed by atoms with Crippen LogP contribution in [-0.2, 0) is 11.3 Å². The summed E-state index contributed by atoms with van der Waals surface area (Å²) in [6, 6.07) is 4.24. The Kier molecular flexibility index (Phi) is 7.20. The summed E-state index contributed by atoms with van der Waals surface area (Å²) >= 11 is 0. The van der Waals surface area contributed by atoms with Crippen molar-refractivity contribution in [3.63, 3.8) is 0 Å². The summed E-state index contributed by atoms with van der Waals surface area (Å²) in [5.74, 6) is -1.44. The SMILES string of the molecule is CCOc1cccc(CNC(=O)N2CC(C)CC(C(=O)O)C2)c1OC(F)F. The minimum Gasteiger partial charge on any atom is -0.490 e. The zero-order chi connectivity index (χ0) is 20.0. The number of nitrogens with zero attached hydrogens (tertiary/aromatic N) is 1. The van der Waals surface area contributed by atoms with Crippen molar-refractivity contribution in [1.29, 1.82) is 0 Å². The molecule has 2 amide bonds. The lowest BCUT2D eigenvalue weighted by molar-refractivity contribution is -0.143. The molecular weight excluding hydrogens is 362 g/mol. The molecule has 1 heterocycles. The maximum Gasteiger partial charge on any atom is 0.387 e. The van der Waals surface area contributed by atoms with E-state index in [9.17, 15) is 23.5 Å². The Morgan fingerprint density at radius 2 is 2.11 bits per heavy atom. The molecule has 2 rings (SSSR count). The minimum absolute atomic E-state index is 0.0512. The minimum atomic E-state index is -3.03. The van der Waals surface area contributed by atoms with Crippen LogP contribution in [0.25, 0.3) is 0 Å². The number of carboxylic acids is 1. The molecule has 150 valence electrons. The van der Waals surface area contributed by atoms with E-state index in [2.05, 4.69) is 10.1 Å². The summed E-state index contributed by atoms with van der Waals surface area (Å²) in [5.41, 5.74) is 0.342. The van der Waals surface area contributed by atoms with Gasteiger partial charge in [-0.25, -0.2) is 4.79 Å². The van der Waals surface area contributed by atoms with E-state index in [0.717, 1.165) is 0 Å². The predicted molar refractivity (Wildman–Crippen MR) is 93.0 cm³/mol. The highest BCUT2D eigenvalue weighted by molar-refractivity contribution is 5.76. The van der Waals surface area contributed by atoms with E-state index >= 15 is 0 Å². The van der Waals surface area contributed by atoms with Crippen LogP contribution in [0.4, 0.5) is 13.6 Å². The fourth-order valence-electron chi connectivity index (χ4n) is 3.17. The third-order valence-electron chi connectivity index (χ3n) is 4.29. The molecule has 1 aromatic carbocycles. The van der Waals surface area contributed by atoms with Crippen molar-refractivity contribution in [3.8, 4) is 11.5 Å². The summed E-state index contributed by atoms with van der Waals surface area (Å²) in [6.07, 6.45) is 0.516. The maximum atomic E-state index is 12.7. The number of urea groups is 1. The molecule has 0 saturated carbocycles. The molecule has 1 aromatic rings. The molecule has 0 radical (unpaired) electrons.